The lowest BCUT2D eigenvalue weighted by Crippen LogP contribution is -2.44. The third-order valence-corrected chi connectivity index (χ3v) is 3.29. The molecule has 1 saturated heterocycles. The van der Waals surface area contributed by atoms with E-state index in [1.54, 1.807) is 17.3 Å². The number of amides is 1. The molecule has 0 spiro atoms. The van der Waals surface area contributed by atoms with Crippen LogP contribution in [0.4, 0.5) is 4.79 Å². The maximum atomic E-state index is 12.1. The molecule has 2 heterocycles. The molecule has 0 saturated carbocycles. The molecule has 21 heavy (non-hydrogen) atoms. The molecule has 0 radical (unpaired) electrons. The Labute approximate surface area is 126 Å². The van der Waals surface area contributed by atoms with Crippen LogP contribution in [0.2, 0.25) is 0 Å². The van der Waals surface area contributed by atoms with Crippen molar-refractivity contribution >= 4 is 6.09 Å². The van der Waals surface area contributed by atoms with Crippen LogP contribution in [-0.2, 0) is 4.74 Å². The number of pyridine rings is 1. The van der Waals surface area contributed by atoms with Gasteiger partial charge in [0.05, 0.1) is 12.8 Å². The van der Waals surface area contributed by atoms with Crippen molar-refractivity contribution in [2.75, 3.05) is 19.7 Å². The topological polar surface area (TPSA) is 51.7 Å². The Morgan fingerprint density at radius 1 is 1.48 bits per heavy atom. The number of hydrogen-bond donors (Lipinski definition) is 0. The van der Waals surface area contributed by atoms with Crippen LogP contribution < -0.4 is 4.74 Å². The molecule has 116 valence electrons. The molecular weight excluding hydrogens is 268 g/mol. The molecular formula is C16H24N2O3. The van der Waals surface area contributed by atoms with Crippen molar-refractivity contribution in [3.63, 3.8) is 0 Å². The van der Waals surface area contributed by atoms with Gasteiger partial charge in [-0.1, -0.05) is 0 Å². The monoisotopic (exact) mass is 292 g/mol. The van der Waals surface area contributed by atoms with E-state index in [4.69, 9.17) is 9.47 Å². The quantitative estimate of drug-likeness (QED) is 0.859. The summed E-state index contributed by atoms with van der Waals surface area (Å²) in [6.07, 6.45) is 5.25. The van der Waals surface area contributed by atoms with Gasteiger partial charge >= 0.3 is 6.09 Å². The summed E-state index contributed by atoms with van der Waals surface area (Å²) < 4.78 is 11.2. The van der Waals surface area contributed by atoms with Crippen LogP contribution in [0.15, 0.2) is 24.5 Å². The van der Waals surface area contributed by atoms with Gasteiger partial charge in [-0.05, 0) is 45.7 Å². The molecule has 1 aromatic heterocycles. The number of likely N-dealkylation sites (tertiary alicyclic amines) is 1. The summed E-state index contributed by atoms with van der Waals surface area (Å²) in [5.41, 5.74) is -0.448. The van der Waals surface area contributed by atoms with Gasteiger partial charge in [0.25, 0.3) is 0 Å². The van der Waals surface area contributed by atoms with Crippen molar-refractivity contribution in [2.24, 2.45) is 5.92 Å². The van der Waals surface area contributed by atoms with Crippen LogP contribution in [0, 0.1) is 5.92 Å². The van der Waals surface area contributed by atoms with Crippen molar-refractivity contribution in [3.05, 3.63) is 24.5 Å². The Hall–Kier alpha value is -1.78. The zero-order valence-electron chi connectivity index (χ0n) is 13.0. The molecule has 5 heteroatoms. The molecule has 0 N–H and O–H groups in total. The van der Waals surface area contributed by atoms with Gasteiger partial charge in [0, 0.05) is 25.2 Å². The number of hydrogen-bond acceptors (Lipinski definition) is 4. The molecule has 0 aromatic carbocycles. The zero-order valence-corrected chi connectivity index (χ0v) is 13.0. The lowest BCUT2D eigenvalue weighted by molar-refractivity contribution is 0.0139. The average Bonchev–Trinajstić information content (AvgIpc) is 2.45. The van der Waals surface area contributed by atoms with Crippen molar-refractivity contribution in [1.29, 1.82) is 0 Å². The van der Waals surface area contributed by atoms with Gasteiger partial charge in [0.1, 0.15) is 11.4 Å². The first-order valence-electron chi connectivity index (χ1n) is 7.45. The summed E-state index contributed by atoms with van der Waals surface area (Å²) in [7, 11) is 0. The van der Waals surface area contributed by atoms with E-state index >= 15 is 0 Å². The molecule has 0 bridgehead atoms. The number of carbonyl (C=O) groups excluding carboxylic acids is 1. The zero-order chi connectivity index (χ0) is 15.3. The smallest absolute Gasteiger partial charge is 0.410 e. The van der Waals surface area contributed by atoms with Gasteiger partial charge < -0.3 is 14.4 Å². The van der Waals surface area contributed by atoms with E-state index < -0.39 is 5.60 Å². The van der Waals surface area contributed by atoms with Crippen LogP contribution >= 0.6 is 0 Å². The first kappa shape index (κ1) is 15.6. The van der Waals surface area contributed by atoms with E-state index in [0.29, 0.717) is 19.1 Å². The van der Waals surface area contributed by atoms with E-state index in [9.17, 15) is 4.79 Å². The molecule has 1 aliphatic rings. The van der Waals surface area contributed by atoms with Crippen LogP contribution in [0.1, 0.15) is 33.6 Å². The minimum absolute atomic E-state index is 0.228. The summed E-state index contributed by atoms with van der Waals surface area (Å²) in [5.74, 6) is 1.11. The third-order valence-electron chi connectivity index (χ3n) is 3.29. The van der Waals surface area contributed by atoms with E-state index in [1.807, 2.05) is 32.9 Å². The van der Waals surface area contributed by atoms with Gasteiger partial charge in [-0.2, -0.15) is 0 Å². The number of carbonyl (C=O) groups is 1. The van der Waals surface area contributed by atoms with Gasteiger partial charge in [0.15, 0.2) is 0 Å². The number of nitrogens with zero attached hydrogens (tertiary/aromatic N) is 2. The second-order valence-corrected chi connectivity index (χ2v) is 6.43. The minimum Gasteiger partial charge on any atom is -0.492 e. The SMILES string of the molecule is CC(C)(C)OC(=O)N1CCCC(COc2cccnc2)C1. The normalized spacial score (nSPS) is 19.2. The highest BCUT2D eigenvalue weighted by atomic mass is 16.6. The van der Waals surface area contributed by atoms with Crippen LogP contribution in [0.25, 0.3) is 0 Å². The Bertz CT molecular complexity index is 456. The summed E-state index contributed by atoms with van der Waals surface area (Å²) in [6.45, 7) is 7.71. The highest BCUT2D eigenvalue weighted by Gasteiger charge is 2.27. The Kier molecular flexibility index (Phi) is 5.04. The van der Waals surface area contributed by atoms with E-state index in [0.717, 1.165) is 25.1 Å². The van der Waals surface area contributed by atoms with Crippen LogP contribution in [-0.4, -0.2) is 41.3 Å². The number of ether oxygens (including phenoxy) is 2. The third kappa shape index (κ3) is 5.25. The molecule has 1 aliphatic heterocycles. The molecule has 1 aromatic rings. The first-order chi connectivity index (χ1) is 9.94. The van der Waals surface area contributed by atoms with Gasteiger partial charge in [-0.25, -0.2) is 4.79 Å². The minimum atomic E-state index is -0.448. The molecule has 5 nitrogen and oxygen atoms in total. The van der Waals surface area contributed by atoms with Crippen molar-refractivity contribution in [3.8, 4) is 5.75 Å². The maximum Gasteiger partial charge on any atom is 0.410 e. The fourth-order valence-electron chi connectivity index (χ4n) is 2.34. The Morgan fingerprint density at radius 3 is 2.95 bits per heavy atom. The van der Waals surface area contributed by atoms with Crippen LogP contribution in [0.3, 0.4) is 0 Å². The molecule has 0 aliphatic carbocycles. The standard InChI is InChI=1S/C16H24N2O3/c1-16(2,3)21-15(19)18-9-5-6-13(11-18)12-20-14-7-4-8-17-10-14/h4,7-8,10,13H,5-6,9,11-12H2,1-3H3. The summed E-state index contributed by atoms with van der Waals surface area (Å²) in [4.78, 5) is 17.9. The van der Waals surface area contributed by atoms with Gasteiger partial charge in [0.2, 0.25) is 0 Å². The van der Waals surface area contributed by atoms with Gasteiger partial charge in [-0.15, -0.1) is 0 Å². The predicted octanol–water partition coefficient (Wildman–Crippen LogP) is 3.11. The van der Waals surface area contributed by atoms with Crippen molar-refractivity contribution in [1.82, 2.24) is 9.88 Å². The lowest BCUT2D eigenvalue weighted by Gasteiger charge is -2.34. The Morgan fingerprint density at radius 2 is 2.29 bits per heavy atom. The highest BCUT2D eigenvalue weighted by molar-refractivity contribution is 5.68. The second kappa shape index (κ2) is 6.78. The number of aromatic nitrogens is 1. The second-order valence-electron chi connectivity index (χ2n) is 6.43. The number of piperidine rings is 1. The number of rotatable bonds is 3. The summed E-state index contributed by atoms with van der Waals surface area (Å²) >= 11 is 0. The van der Waals surface area contributed by atoms with E-state index in [-0.39, 0.29) is 6.09 Å². The van der Waals surface area contributed by atoms with Crippen LogP contribution in [0.5, 0.6) is 5.75 Å². The summed E-state index contributed by atoms with van der Waals surface area (Å²) in [6, 6.07) is 3.74. The largest absolute Gasteiger partial charge is 0.492 e. The van der Waals surface area contributed by atoms with Crippen molar-refractivity contribution in [2.45, 2.75) is 39.2 Å². The van der Waals surface area contributed by atoms with E-state index in [1.165, 1.54) is 0 Å². The molecule has 1 amide bonds. The lowest BCUT2D eigenvalue weighted by atomic mass is 9.99. The fourth-order valence-corrected chi connectivity index (χ4v) is 2.34. The Balaban J connectivity index is 1.82. The first-order valence-corrected chi connectivity index (χ1v) is 7.45. The predicted molar refractivity (Wildman–Crippen MR) is 80.3 cm³/mol. The molecule has 1 atom stereocenters. The van der Waals surface area contributed by atoms with Gasteiger partial charge in [-0.3, -0.25) is 4.98 Å². The van der Waals surface area contributed by atoms with Crippen molar-refractivity contribution < 1.29 is 14.3 Å². The molecule has 1 unspecified atom stereocenters. The fraction of sp³-hybridized carbons (Fsp3) is 0.625. The van der Waals surface area contributed by atoms with E-state index in [2.05, 4.69) is 4.98 Å². The molecule has 2 rings (SSSR count). The average molecular weight is 292 g/mol. The molecule has 1 fully saturated rings. The maximum absolute atomic E-state index is 12.1. The highest BCUT2D eigenvalue weighted by Crippen LogP contribution is 2.20. The summed E-state index contributed by atoms with van der Waals surface area (Å²) in [5, 5.41) is 0.